The van der Waals surface area contributed by atoms with Crippen LogP contribution >= 0.6 is 22.7 Å². The maximum atomic E-state index is 12.3. The third kappa shape index (κ3) is 3.73. The first kappa shape index (κ1) is 19.9. The maximum absolute atomic E-state index is 12.3. The normalized spacial score (nSPS) is 14.8. The molecule has 2 aromatic heterocycles. The molecule has 2 aromatic rings. The molecule has 0 spiro atoms. The van der Waals surface area contributed by atoms with E-state index in [2.05, 4.69) is 16.0 Å². The molecule has 0 saturated heterocycles. The van der Waals surface area contributed by atoms with Crippen LogP contribution in [-0.2, 0) is 9.59 Å². The minimum atomic E-state index is -0.598. The zero-order valence-corrected chi connectivity index (χ0v) is 17.2. The lowest BCUT2D eigenvalue weighted by atomic mass is 10.1. The van der Waals surface area contributed by atoms with Gasteiger partial charge in [-0.3, -0.25) is 19.7 Å². The van der Waals surface area contributed by atoms with E-state index in [1.54, 1.807) is 25.4 Å². The van der Waals surface area contributed by atoms with Gasteiger partial charge in [-0.05, 0) is 17.9 Å². The largest absolute Gasteiger partial charge is 0.504 e. The van der Waals surface area contributed by atoms with Crippen molar-refractivity contribution in [3.8, 4) is 5.75 Å². The number of aromatic hydroxyl groups is 1. The van der Waals surface area contributed by atoms with E-state index in [-0.39, 0.29) is 39.7 Å². The number of hydrogen-bond acceptors (Lipinski definition) is 8. The van der Waals surface area contributed by atoms with E-state index in [9.17, 15) is 19.5 Å². The minimum Gasteiger partial charge on any atom is -0.504 e. The highest BCUT2D eigenvalue weighted by molar-refractivity contribution is 7.13. The van der Waals surface area contributed by atoms with Crippen LogP contribution in [0, 0.1) is 0 Å². The van der Waals surface area contributed by atoms with E-state index in [0.717, 1.165) is 16.2 Å². The van der Waals surface area contributed by atoms with Crippen molar-refractivity contribution in [2.75, 3.05) is 19.4 Å². The Bertz CT molecular complexity index is 947. The smallest absolute Gasteiger partial charge is 0.276 e. The third-order valence-corrected chi connectivity index (χ3v) is 6.11. The summed E-state index contributed by atoms with van der Waals surface area (Å²) in [5.41, 5.74) is 0.312. The second kappa shape index (κ2) is 8.03. The molecule has 0 radical (unpaired) electrons. The highest BCUT2D eigenvalue weighted by atomic mass is 32.1. The summed E-state index contributed by atoms with van der Waals surface area (Å²) in [6.45, 7) is 1.98. The molecule has 1 aliphatic rings. The van der Waals surface area contributed by atoms with Crippen molar-refractivity contribution in [1.82, 2.24) is 15.5 Å². The number of imide groups is 1. The van der Waals surface area contributed by atoms with Gasteiger partial charge in [-0.1, -0.05) is 13.0 Å². The lowest BCUT2D eigenvalue weighted by Gasteiger charge is -2.17. The molecule has 3 amide bonds. The summed E-state index contributed by atoms with van der Waals surface area (Å²) in [5, 5.41) is 22.0. The monoisotopic (exact) mass is 420 g/mol. The molecule has 10 heteroatoms. The van der Waals surface area contributed by atoms with Crippen LogP contribution in [0.3, 0.4) is 0 Å². The molecule has 4 N–H and O–H groups in total. The summed E-state index contributed by atoms with van der Waals surface area (Å²) in [5.74, 6) is -1.74. The predicted molar refractivity (Wildman–Crippen MR) is 108 cm³/mol. The van der Waals surface area contributed by atoms with Crippen molar-refractivity contribution in [2.45, 2.75) is 19.4 Å². The fourth-order valence-electron chi connectivity index (χ4n) is 2.68. The predicted octanol–water partition coefficient (Wildman–Crippen LogP) is 2.24. The molecule has 8 nitrogen and oxygen atoms in total. The lowest BCUT2D eigenvalue weighted by molar-refractivity contribution is -0.124. The zero-order chi connectivity index (χ0) is 20.4. The van der Waals surface area contributed by atoms with E-state index >= 15 is 0 Å². The van der Waals surface area contributed by atoms with Crippen LogP contribution < -0.4 is 16.0 Å². The first-order valence-electron chi connectivity index (χ1n) is 8.52. The Labute approximate surface area is 169 Å². The van der Waals surface area contributed by atoms with Crippen LogP contribution in [0.15, 0.2) is 34.3 Å². The van der Waals surface area contributed by atoms with E-state index in [1.165, 1.54) is 10.3 Å². The number of nitrogens with one attached hydrogen (secondary N) is 3. The van der Waals surface area contributed by atoms with Gasteiger partial charge in [0.1, 0.15) is 16.3 Å². The number of nitrogens with zero attached hydrogens (tertiary/aromatic N) is 1. The summed E-state index contributed by atoms with van der Waals surface area (Å²) in [6.07, 6.45) is 0.712. The van der Waals surface area contributed by atoms with Crippen LogP contribution in [0.1, 0.15) is 33.9 Å². The van der Waals surface area contributed by atoms with Crippen molar-refractivity contribution in [3.63, 3.8) is 0 Å². The quantitative estimate of drug-likeness (QED) is 0.511. The van der Waals surface area contributed by atoms with Gasteiger partial charge < -0.3 is 20.6 Å². The van der Waals surface area contributed by atoms with Gasteiger partial charge in [0.2, 0.25) is 0 Å². The van der Waals surface area contributed by atoms with Gasteiger partial charge in [0, 0.05) is 24.4 Å². The van der Waals surface area contributed by atoms with Crippen molar-refractivity contribution >= 4 is 46.1 Å². The summed E-state index contributed by atoms with van der Waals surface area (Å²) >= 11 is 2.61. The highest BCUT2D eigenvalue weighted by Gasteiger charge is 2.33. The summed E-state index contributed by atoms with van der Waals surface area (Å²) in [6, 6.07) is 3.74. The number of amides is 3. The number of anilines is 1. The second-order valence-electron chi connectivity index (χ2n) is 6.31. The van der Waals surface area contributed by atoms with Crippen molar-refractivity contribution in [1.29, 1.82) is 0 Å². The topological polar surface area (TPSA) is 111 Å². The van der Waals surface area contributed by atoms with Crippen LogP contribution in [0.4, 0.5) is 5.69 Å². The first-order chi connectivity index (χ1) is 13.3. The Hall–Kier alpha value is -2.85. The summed E-state index contributed by atoms with van der Waals surface area (Å²) in [4.78, 5) is 39.2. The first-order valence-corrected chi connectivity index (χ1v) is 10.3. The van der Waals surface area contributed by atoms with Crippen LogP contribution in [0.2, 0.25) is 0 Å². The third-order valence-electron chi connectivity index (χ3n) is 4.17. The van der Waals surface area contributed by atoms with Gasteiger partial charge in [-0.15, -0.1) is 22.7 Å². The SMILES string of the molecule is CC[C@@H](NC1=C(Nc2csc(C(=O)N(C)C)c2O)C(=O)NC1=O)c1cccs1. The molecule has 1 aliphatic heterocycles. The Morgan fingerprint density at radius 2 is 1.96 bits per heavy atom. The number of carbonyl (C=O) groups is 3. The Morgan fingerprint density at radius 1 is 1.25 bits per heavy atom. The number of thiophene rings is 2. The molecule has 0 aromatic carbocycles. The fourth-order valence-corrected chi connectivity index (χ4v) is 4.45. The van der Waals surface area contributed by atoms with E-state index < -0.39 is 11.8 Å². The van der Waals surface area contributed by atoms with Gasteiger partial charge in [0.15, 0.2) is 5.75 Å². The van der Waals surface area contributed by atoms with Crippen LogP contribution in [0.5, 0.6) is 5.75 Å². The molecule has 3 rings (SSSR count). The average Bonchev–Trinajstić information content (AvgIpc) is 3.36. The fraction of sp³-hybridized carbons (Fsp3) is 0.278. The molecule has 0 saturated carbocycles. The van der Waals surface area contributed by atoms with Crippen molar-refractivity contribution in [3.05, 3.63) is 44.0 Å². The number of hydrogen-bond donors (Lipinski definition) is 4. The highest BCUT2D eigenvalue weighted by Crippen LogP contribution is 2.36. The van der Waals surface area contributed by atoms with E-state index in [1.807, 2.05) is 24.4 Å². The Morgan fingerprint density at radius 3 is 2.57 bits per heavy atom. The maximum Gasteiger partial charge on any atom is 0.276 e. The van der Waals surface area contributed by atoms with Gasteiger partial charge in [0.05, 0.1) is 11.7 Å². The lowest BCUT2D eigenvalue weighted by Crippen LogP contribution is -2.29. The van der Waals surface area contributed by atoms with Gasteiger partial charge >= 0.3 is 0 Å². The van der Waals surface area contributed by atoms with Gasteiger partial charge in [-0.25, -0.2) is 0 Å². The molecular weight excluding hydrogens is 400 g/mol. The average molecular weight is 421 g/mol. The van der Waals surface area contributed by atoms with Gasteiger partial charge in [0.25, 0.3) is 17.7 Å². The van der Waals surface area contributed by atoms with E-state index in [4.69, 9.17) is 0 Å². The van der Waals surface area contributed by atoms with E-state index in [0.29, 0.717) is 6.42 Å². The summed E-state index contributed by atoms with van der Waals surface area (Å²) in [7, 11) is 3.16. The molecule has 0 aliphatic carbocycles. The molecular formula is C18H20N4O4S2. The molecule has 0 bridgehead atoms. The summed E-state index contributed by atoms with van der Waals surface area (Å²) < 4.78 is 0. The Balaban J connectivity index is 1.90. The number of rotatable bonds is 7. The van der Waals surface area contributed by atoms with Gasteiger partial charge in [-0.2, -0.15) is 0 Å². The molecule has 148 valence electrons. The Kier molecular flexibility index (Phi) is 5.71. The minimum absolute atomic E-state index is 0.0111. The molecule has 1 atom stereocenters. The molecule has 0 fully saturated rings. The van der Waals surface area contributed by atoms with Crippen molar-refractivity contribution in [2.24, 2.45) is 0 Å². The standard InChI is InChI=1S/C18H20N4O4S2/c1-4-9(11-6-5-7-27-11)19-12-13(17(25)21-16(12)24)20-10-8-28-15(14(10)23)18(26)22(2)3/h5-9,23H,4H2,1-3H3,(H3,19,20,21,24,25)/t9-/m1/s1. The molecule has 0 unspecified atom stereocenters. The van der Waals surface area contributed by atoms with Crippen LogP contribution in [-0.4, -0.2) is 41.8 Å². The molecule has 3 heterocycles. The van der Waals surface area contributed by atoms with Crippen molar-refractivity contribution < 1.29 is 19.5 Å². The molecule has 28 heavy (non-hydrogen) atoms. The zero-order valence-electron chi connectivity index (χ0n) is 15.5. The van der Waals surface area contributed by atoms with Crippen LogP contribution in [0.25, 0.3) is 0 Å². The second-order valence-corrected chi connectivity index (χ2v) is 8.16. The number of carbonyl (C=O) groups excluding carboxylic acids is 3.